The van der Waals surface area contributed by atoms with E-state index in [0.29, 0.717) is 0 Å². The van der Waals surface area contributed by atoms with Crippen molar-refractivity contribution in [3.63, 3.8) is 0 Å². The van der Waals surface area contributed by atoms with Gasteiger partial charge in [-0.15, -0.1) is 0 Å². The maximum atomic E-state index is 9.00. The van der Waals surface area contributed by atoms with Crippen molar-refractivity contribution >= 4 is 40.4 Å². The summed E-state index contributed by atoms with van der Waals surface area (Å²) >= 11 is 1.55. The second-order valence-electron chi connectivity index (χ2n) is 1.56. The number of hydrogen-bond donors (Lipinski definition) is 3. The molecule has 7 heteroatoms. The van der Waals surface area contributed by atoms with Crippen LogP contribution in [0.15, 0.2) is 0 Å². The molecule has 0 aliphatic carbocycles. The van der Waals surface area contributed by atoms with Gasteiger partial charge in [0.05, 0.1) is 0 Å². The third-order valence-corrected chi connectivity index (χ3v) is 0. The van der Waals surface area contributed by atoms with Crippen molar-refractivity contribution in [2.45, 2.75) is 25.7 Å². The van der Waals surface area contributed by atoms with Gasteiger partial charge in [-0.3, -0.25) is 14.4 Å². The molecule has 0 aromatic heterocycles. The van der Waals surface area contributed by atoms with Crippen LogP contribution in [0.25, 0.3) is 0 Å². The first-order chi connectivity index (χ1) is 6.20. The Bertz CT molecular complexity index is 116. The molecule has 0 heterocycles. The molecule has 83 valence electrons. The summed E-state index contributed by atoms with van der Waals surface area (Å²) in [5.74, 6) is -2.50. The van der Waals surface area contributed by atoms with Gasteiger partial charge in [-0.05, 0) is 0 Å². The Kier molecular flexibility index (Phi) is 37.7. The summed E-state index contributed by atoms with van der Waals surface area (Å²) in [7, 11) is 0. The Hall–Kier alpha value is -0.791. The number of carboxylic acids is 3. The van der Waals surface area contributed by atoms with E-state index in [4.69, 9.17) is 29.7 Å². The molecule has 3 radical (unpaired) electrons. The van der Waals surface area contributed by atoms with Crippen molar-refractivity contribution in [3.8, 4) is 0 Å². The van der Waals surface area contributed by atoms with Gasteiger partial charge in [0, 0.05) is 20.8 Å². The monoisotopic (exact) mass is 315 g/mol. The summed E-state index contributed by atoms with van der Waals surface area (Å²) in [6, 6.07) is 0. The molecule has 0 saturated carbocycles. The van der Waals surface area contributed by atoms with Crippen LogP contribution in [0.3, 0.4) is 0 Å². The standard InChI is InChI=1S/3C2H4O2.CH3.Sn/c3*1-2(3)4;;/h3*1H3,(H,3,4);1H3;. The molecule has 0 aromatic carbocycles. The van der Waals surface area contributed by atoms with Crippen LogP contribution in [0.4, 0.5) is 0 Å². The van der Waals surface area contributed by atoms with Gasteiger partial charge in [0.2, 0.25) is 0 Å². The van der Waals surface area contributed by atoms with Crippen LogP contribution in [-0.4, -0.2) is 55.8 Å². The number of aliphatic carboxylic acids is 3. The van der Waals surface area contributed by atoms with Crippen molar-refractivity contribution < 1.29 is 29.7 Å². The zero-order valence-electron chi connectivity index (χ0n) is 8.57. The van der Waals surface area contributed by atoms with E-state index in [9.17, 15) is 0 Å². The molecule has 6 nitrogen and oxygen atoms in total. The third kappa shape index (κ3) is 1870. The Balaban J connectivity index is -0.0000000492. The van der Waals surface area contributed by atoms with E-state index in [-0.39, 0.29) is 0 Å². The predicted octanol–water partition coefficient (Wildman–Crippen LogP) is 0.476. The number of rotatable bonds is 0. The normalized spacial score (nSPS) is 5.79. The molecule has 0 amide bonds. The van der Waals surface area contributed by atoms with Crippen LogP contribution in [0.1, 0.15) is 20.8 Å². The molecule has 0 fully saturated rings. The van der Waals surface area contributed by atoms with Crippen molar-refractivity contribution in [3.05, 3.63) is 0 Å². The van der Waals surface area contributed by atoms with Crippen molar-refractivity contribution in [1.82, 2.24) is 0 Å². The molecule has 0 bridgehead atoms. The fraction of sp³-hybridized carbons (Fsp3) is 0.571. The molecule has 0 aromatic rings. The summed E-state index contributed by atoms with van der Waals surface area (Å²) in [4.78, 5) is 29.1. The summed E-state index contributed by atoms with van der Waals surface area (Å²) in [5, 5.41) is 22.2. The number of hydrogen-bond acceptors (Lipinski definition) is 3. The summed E-state index contributed by atoms with van der Waals surface area (Å²) in [6.45, 7) is 3.25. The van der Waals surface area contributed by atoms with Crippen molar-refractivity contribution in [1.29, 1.82) is 0 Å². The van der Waals surface area contributed by atoms with Crippen LogP contribution in [0.5, 0.6) is 0 Å². The third-order valence-electron chi connectivity index (χ3n) is 0. The van der Waals surface area contributed by atoms with E-state index in [2.05, 4.69) is 4.94 Å². The van der Waals surface area contributed by atoms with Gasteiger partial charge in [0.25, 0.3) is 17.9 Å². The molecule has 0 rings (SSSR count). The van der Waals surface area contributed by atoms with Crippen LogP contribution in [-0.2, 0) is 14.4 Å². The molecule has 14 heavy (non-hydrogen) atoms. The van der Waals surface area contributed by atoms with E-state index >= 15 is 0 Å². The average molecular weight is 314 g/mol. The Labute approximate surface area is 96.0 Å². The Morgan fingerprint density at radius 1 is 0.714 bits per heavy atom. The first-order valence-electron chi connectivity index (χ1n) is 3.28. The van der Waals surface area contributed by atoms with Crippen LogP contribution >= 0.6 is 0 Å². The van der Waals surface area contributed by atoms with Gasteiger partial charge in [-0.25, -0.2) is 0 Å². The Morgan fingerprint density at radius 3 is 0.714 bits per heavy atom. The zero-order chi connectivity index (χ0) is 12.7. The maximum absolute atomic E-state index is 9.00. The minimum atomic E-state index is -0.833. The topological polar surface area (TPSA) is 112 Å². The first kappa shape index (κ1) is 23.2. The SMILES string of the molecule is CC(=O)O.CC(=O)O.CC(=O)O.[CH3][Sn]. The summed E-state index contributed by atoms with van der Waals surface area (Å²) < 4.78 is 0. The Morgan fingerprint density at radius 2 is 0.714 bits per heavy atom. The predicted molar refractivity (Wildman–Crippen MR) is 51.5 cm³/mol. The molecule has 0 aliphatic heterocycles. The molecular weight excluding hydrogens is 299 g/mol. The molecule has 0 saturated heterocycles. The van der Waals surface area contributed by atoms with Crippen LogP contribution in [0.2, 0.25) is 4.94 Å². The van der Waals surface area contributed by atoms with Gasteiger partial charge < -0.3 is 15.3 Å². The first-order valence-corrected chi connectivity index (χ1v) is 6.14. The minimum absolute atomic E-state index is 0.833. The van der Waals surface area contributed by atoms with E-state index in [1.165, 1.54) is 0 Å². The van der Waals surface area contributed by atoms with E-state index in [0.717, 1.165) is 20.8 Å². The number of carboxylic acid groups (broad SMARTS) is 3. The van der Waals surface area contributed by atoms with E-state index in [1.807, 2.05) is 0 Å². The molecular formula is C7H15O6Sn. The second kappa shape index (κ2) is 22.8. The van der Waals surface area contributed by atoms with Gasteiger partial charge in [0.15, 0.2) is 0 Å². The van der Waals surface area contributed by atoms with E-state index < -0.39 is 17.9 Å². The molecule has 0 unspecified atom stereocenters. The summed E-state index contributed by atoms with van der Waals surface area (Å²) in [5.41, 5.74) is 0. The second-order valence-corrected chi connectivity index (χ2v) is 1.56. The number of carbonyl (C=O) groups is 3. The fourth-order valence-corrected chi connectivity index (χ4v) is 0. The summed E-state index contributed by atoms with van der Waals surface area (Å²) in [6.07, 6.45) is 0. The van der Waals surface area contributed by atoms with Crippen molar-refractivity contribution in [2.24, 2.45) is 0 Å². The molecule has 0 atom stereocenters. The van der Waals surface area contributed by atoms with Crippen LogP contribution in [0, 0.1) is 0 Å². The van der Waals surface area contributed by atoms with E-state index in [1.54, 1.807) is 22.5 Å². The molecule has 3 N–H and O–H groups in total. The molecule has 0 aliphatic rings. The van der Waals surface area contributed by atoms with Gasteiger partial charge in [-0.2, -0.15) is 0 Å². The quantitative estimate of drug-likeness (QED) is 0.561. The van der Waals surface area contributed by atoms with Crippen molar-refractivity contribution in [2.75, 3.05) is 0 Å². The fourth-order valence-electron chi connectivity index (χ4n) is 0. The van der Waals surface area contributed by atoms with Gasteiger partial charge in [-0.1, -0.05) is 0 Å². The van der Waals surface area contributed by atoms with Gasteiger partial charge >= 0.3 is 27.5 Å². The zero-order valence-corrected chi connectivity index (χ0v) is 11.4. The van der Waals surface area contributed by atoms with Gasteiger partial charge in [0.1, 0.15) is 0 Å². The molecule has 0 spiro atoms. The average Bonchev–Trinajstić information content (AvgIpc) is 1.86. The van der Waals surface area contributed by atoms with Crippen LogP contribution < -0.4 is 0 Å².